The lowest BCUT2D eigenvalue weighted by atomic mass is 10.1. The van der Waals surface area contributed by atoms with Gasteiger partial charge in [-0.2, -0.15) is 0 Å². The second-order valence-corrected chi connectivity index (χ2v) is 6.54. The van der Waals surface area contributed by atoms with Crippen LogP contribution in [0.3, 0.4) is 0 Å². The third-order valence-corrected chi connectivity index (χ3v) is 4.73. The minimum atomic E-state index is -3.69. The number of nitrogens with one attached hydrogen (secondary N) is 1. The van der Waals surface area contributed by atoms with Crippen molar-refractivity contribution in [3.05, 3.63) is 53.1 Å². The molecule has 2 aromatic rings. The molecule has 0 spiro atoms. The molecule has 20 heavy (non-hydrogen) atoms. The first-order chi connectivity index (χ1) is 9.31. The Hall–Kier alpha value is -2.01. The molecular weight excluding hydrogens is 272 g/mol. The first-order valence-corrected chi connectivity index (χ1v) is 7.75. The molecule has 2 aromatic carbocycles. The first kappa shape index (κ1) is 14.4. The van der Waals surface area contributed by atoms with Gasteiger partial charge in [0.1, 0.15) is 4.90 Å². The van der Waals surface area contributed by atoms with Crippen LogP contribution in [0.1, 0.15) is 16.7 Å². The molecule has 5 heteroatoms. The van der Waals surface area contributed by atoms with E-state index in [4.69, 9.17) is 5.73 Å². The van der Waals surface area contributed by atoms with Crippen molar-refractivity contribution in [3.63, 3.8) is 0 Å². The molecule has 0 aliphatic carbocycles. The normalized spacial score (nSPS) is 11.3. The fourth-order valence-electron chi connectivity index (χ4n) is 2.08. The predicted molar refractivity (Wildman–Crippen MR) is 82.3 cm³/mol. The molecule has 0 amide bonds. The van der Waals surface area contributed by atoms with Crippen LogP contribution in [0.4, 0.5) is 11.4 Å². The third-order valence-electron chi connectivity index (χ3n) is 3.15. The fraction of sp³-hybridized carbons (Fsp3) is 0.200. The minimum absolute atomic E-state index is 0.152. The molecular formula is C15H18N2O2S. The van der Waals surface area contributed by atoms with Crippen LogP contribution in [0.15, 0.2) is 41.3 Å². The molecule has 0 saturated heterocycles. The van der Waals surface area contributed by atoms with E-state index in [1.165, 1.54) is 0 Å². The average molecular weight is 290 g/mol. The number of anilines is 2. The number of aryl methyl sites for hydroxylation is 3. The van der Waals surface area contributed by atoms with E-state index in [1.54, 1.807) is 38.1 Å². The van der Waals surface area contributed by atoms with E-state index in [-0.39, 0.29) is 4.90 Å². The van der Waals surface area contributed by atoms with Gasteiger partial charge in [-0.05, 0) is 49.6 Å². The lowest BCUT2D eigenvalue weighted by Gasteiger charge is -2.14. The van der Waals surface area contributed by atoms with Crippen molar-refractivity contribution >= 4 is 21.4 Å². The maximum absolute atomic E-state index is 12.5. The van der Waals surface area contributed by atoms with Crippen molar-refractivity contribution in [3.8, 4) is 0 Å². The van der Waals surface area contributed by atoms with Crippen LogP contribution in [0.5, 0.6) is 0 Å². The van der Waals surface area contributed by atoms with Crippen molar-refractivity contribution in [2.75, 3.05) is 10.5 Å². The zero-order chi connectivity index (χ0) is 14.9. The highest BCUT2D eigenvalue weighted by Crippen LogP contribution is 2.27. The van der Waals surface area contributed by atoms with Crippen LogP contribution >= 0.6 is 0 Å². The Balaban J connectivity index is 2.49. The molecule has 106 valence electrons. The number of nitrogen functional groups attached to an aromatic ring is 1. The molecule has 0 fully saturated rings. The molecule has 0 heterocycles. The van der Waals surface area contributed by atoms with Gasteiger partial charge in [0.05, 0.1) is 5.69 Å². The second-order valence-electron chi connectivity index (χ2n) is 4.92. The monoisotopic (exact) mass is 290 g/mol. The highest BCUT2D eigenvalue weighted by molar-refractivity contribution is 7.93. The van der Waals surface area contributed by atoms with Crippen molar-refractivity contribution in [2.24, 2.45) is 0 Å². The van der Waals surface area contributed by atoms with Gasteiger partial charge in [0, 0.05) is 5.69 Å². The van der Waals surface area contributed by atoms with Crippen LogP contribution in [0, 0.1) is 20.8 Å². The lowest BCUT2D eigenvalue weighted by molar-refractivity contribution is 0.601. The van der Waals surface area contributed by atoms with Gasteiger partial charge in [-0.25, -0.2) is 8.42 Å². The van der Waals surface area contributed by atoms with E-state index in [1.807, 2.05) is 19.1 Å². The van der Waals surface area contributed by atoms with E-state index in [9.17, 15) is 8.42 Å². The summed E-state index contributed by atoms with van der Waals surface area (Å²) in [6.45, 7) is 5.44. The standard InChI is InChI=1S/C15H18N2O2S/c1-10-5-4-6-13(9-10)17-20(18,19)15-12(3)8-7-11(2)14(15)16/h4-9,17H,16H2,1-3H3. The minimum Gasteiger partial charge on any atom is -0.397 e. The van der Waals surface area contributed by atoms with E-state index in [2.05, 4.69) is 4.72 Å². The zero-order valence-corrected chi connectivity index (χ0v) is 12.6. The van der Waals surface area contributed by atoms with Crippen LogP contribution in [-0.4, -0.2) is 8.42 Å². The number of sulfonamides is 1. The van der Waals surface area contributed by atoms with Crippen molar-refractivity contribution in [1.82, 2.24) is 0 Å². The molecule has 0 atom stereocenters. The zero-order valence-electron chi connectivity index (χ0n) is 11.8. The summed E-state index contributed by atoms with van der Waals surface area (Å²) in [5.74, 6) is 0. The summed E-state index contributed by atoms with van der Waals surface area (Å²) in [7, 11) is -3.69. The van der Waals surface area contributed by atoms with E-state index < -0.39 is 10.0 Å². The smallest absolute Gasteiger partial charge is 0.264 e. The third kappa shape index (κ3) is 2.77. The molecule has 0 unspecified atom stereocenters. The molecule has 0 aliphatic rings. The summed E-state index contributed by atoms with van der Waals surface area (Å²) in [5.41, 5.74) is 9.13. The highest BCUT2D eigenvalue weighted by atomic mass is 32.2. The summed E-state index contributed by atoms with van der Waals surface area (Å²) in [5, 5.41) is 0. The van der Waals surface area contributed by atoms with Gasteiger partial charge in [-0.15, -0.1) is 0 Å². The number of hydrogen-bond acceptors (Lipinski definition) is 3. The Morgan fingerprint density at radius 3 is 2.30 bits per heavy atom. The quantitative estimate of drug-likeness (QED) is 0.854. The van der Waals surface area contributed by atoms with Gasteiger partial charge in [0.25, 0.3) is 10.0 Å². The predicted octanol–water partition coefficient (Wildman–Crippen LogP) is 2.99. The molecule has 0 saturated carbocycles. The van der Waals surface area contributed by atoms with Crippen LogP contribution in [-0.2, 0) is 10.0 Å². The number of hydrogen-bond donors (Lipinski definition) is 2. The summed E-state index contributed by atoms with van der Waals surface area (Å²) >= 11 is 0. The molecule has 0 aromatic heterocycles. The van der Waals surface area contributed by atoms with Crippen LogP contribution < -0.4 is 10.5 Å². The molecule has 2 rings (SSSR count). The Labute approximate surface area is 119 Å². The van der Waals surface area contributed by atoms with E-state index >= 15 is 0 Å². The second kappa shape index (κ2) is 5.17. The number of rotatable bonds is 3. The molecule has 0 aliphatic heterocycles. The van der Waals surface area contributed by atoms with Crippen molar-refractivity contribution < 1.29 is 8.42 Å². The lowest BCUT2D eigenvalue weighted by Crippen LogP contribution is -2.16. The van der Waals surface area contributed by atoms with Gasteiger partial charge in [0.2, 0.25) is 0 Å². The molecule has 4 nitrogen and oxygen atoms in total. The summed E-state index contributed by atoms with van der Waals surface area (Å²) in [6.07, 6.45) is 0. The SMILES string of the molecule is Cc1cccc(NS(=O)(=O)c2c(C)ccc(C)c2N)c1. The molecule has 3 N–H and O–H groups in total. The summed E-state index contributed by atoms with van der Waals surface area (Å²) in [4.78, 5) is 0.152. The van der Waals surface area contributed by atoms with Gasteiger partial charge < -0.3 is 5.73 Å². The first-order valence-electron chi connectivity index (χ1n) is 6.26. The van der Waals surface area contributed by atoms with Gasteiger partial charge in [-0.3, -0.25) is 4.72 Å². The van der Waals surface area contributed by atoms with Gasteiger partial charge in [0.15, 0.2) is 0 Å². The van der Waals surface area contributed by atoms with Crippen LogP contribution in [0.2, 0.25) is 0 Å². The van der Waals surface area contributed by atoms with E-state index in [0.717, 1.165) is 11.1 Å². The number of benzene rings is 2. The Morgan fingerprint density at radius 2 is 1.65 bits per heavy atom. The summed E-state index contributed by atoms with van der Waals surface area (Å²) in [6, 6.07) is 10.8. The van der Waals surface area contributed by atoms with Crippen LogP contribution in [0.25, 0.3) is 0 Å². The largest absolute Gasteiger partial charge is 0.397 e. The number of nitrogens with two attached hydrogens (primary N) is 1. The topological polar surface area (TPSA) is 72.2 Å². The van der Waals surface area contributed by atoms with Crippen molar-refractivity contribution in [2.45, 2.75) is 25.7 Å². The van der Waals surface area contributed by atoms with Crippen molar-refractivity contribution in [1.29, 1.82) is 0 Å². The molecule has 0 radical (unpaired) electrons. The molecule has 0 bridgehead atoms. The average Bonchev–Trinajstić information content (AvgIpc) is 2.33. The van der Waals surface area contributed by atoms with Gasteiger partial charge >= 0.3 is 0 Å². The maximum atomic E-state index is 12.5. The fourth-order valence-corrected chi connectivity index (χ4v) is 3.56. The maximum Gasteiger partial charge on any atom is 0.264 e. The Kier molecular flexibility index (Phi) is 3.72. The Bertz CT molecular complexity index is 752. The Morgan fingerprint density at radius 1 is 1.00 bits per heavy atom. The summed E-state index contributed by atoms with van der Waals surface area (Å²) < 4.78 is 27.6. The van der Waals surface area contributed by atoms with Gasteiger partial charge in [-0.1, -0.05) is 24.3 Å². The van der Waals surface area contributed by atoms with E-state index in [0.29, 0.717) is 16.9 Å². The highest BCUT2D eigenvalue weighted by Gasteiger charge is 2.21.